The lowest BCUT2D eigenvalue weighted by molar-refractivity contribution is -0.111. The molecule has 0 aliphatic rings. The standard InChI is InChI=1S/C24H22ClNO3/c1-28-24(29-2)20-6-3-17(4-7-20)5-16-23(27)26-22-14-10-19(11-15-22)18-8-12-21(25)13-9-18/h3-16,24H,1-2H3,(H,26,27)/b16-5+. The summed E-state index contributed by atoms with van der Waals surface area (Å²) < 4.78 is 10.4. The van der Waals surface area contributed by atoms with Gasteiger partial charge in [0.15, 0.2) is 6.29 Å². The Balaban J connectivity index is 1.59. The third-order valence-corrected chi connectivity index (χ3v) is 4.65. The number of carbonyl (C=O) groups is 1. The predicted molar refractivity (Wildman–Crippen MR) is 118 cm³/mol. The van der Waals surface area contributed by atoms with Crippen LogP contribution in [0.25, 0.3) is 17.2 Å². The fourth-order valence-electron chi connectivity index (χ4n) is 2.88. The Hall–Kier alpha value is -2.92. The maximum Gasteiger partial charge on any atom is 0.248 e. The second kappa shape index (κ2) is 10.0. The monoisotopic (exact) mass is 407 g/mol. The van der Waals surface area contributed by atoms with Gasteiger partial charge in [-0.3, -0.25) is 4.79 Å². The molecule has 0 unspecified atom stereocenters. The van der Waals surface area contributed by atoms with Crippen LogP contribution in [0, 0.1) is 0 Å². The summed E-state index contributed by atoms with van der Waals surface area (Å²) in [5, 5.41) is 3.57. The maximum atomic E-state index is 12.2. The van der Waals surface area contributed by atoms with Crippen LogP contribution < -0.4 is 5.32 Å². The maximum absolute atomic E-state index is 12.2. The second-order valence-corrected chi connectivity index (χ2v) is 6.81. The molecule has 0 aliphatic carbocycles. The summed E-state index contributed by atoms with van der Waals surface area (Å²) in [6, 6.07) is 22.9. The number of anilines is 1. The number of halogens is 1. The Bertz CT molecular complexity index is 961. The molecule has 3 rings (SSSR count). The first-order chi connectivity index (χ1) is 14.1. The number of hydrogen-bond donors (Lipinski definition) is 1. The predicted octanol–water partition coefficient (Wildman–Crippen LogP) is 5.95. The number of benzene rings is 3. The topological polar surface area (TPSA) is 47.6 Å². The Labute approximate surface area is 175 Å². The van der Waals surface area contributed by atoms with E-state index in [1.54, 1.807) is 20.3 Å². The summed E-state index contributed by atoms with van der Waals surface area (Å²) in [6.45, 7) is 0. The van der Waals surface area contributed by atoms with Crippen LogP contribution in [0.15, 0.2) is 78.9 Å². The summed E-state index contributed by atoms with van der Waals surface area (Å²) >= 11 is 5.93. The molecule has 0 atom stereocenters. The molecular formula is C24H22ClNO3. The van der Waals surface area contributed by atoms with Gasteiger partial charge in [0.25, 0.3) is 0 Å². The SMILES string of the molecule is COC(OC)c1ccc(/C=C/C(=O)Nc2ccc(-c3ccc(Cl)cc3)cc2)cc1. The lowest BCUT2D eigenvalue weighted by atomic mass is 10.1. The fraction of sp³-hybridized carbons (Fsp3) is 0.125. The molecular weight excluding hydrogens is 386 g/mol. The van der Waals surface area contributed by atoms with E-state index in [0.717, 1.165) is 27.9 Å². The average Bonchev–Trinajstić information content (AvgIpc) is 2.75. The minimum absolute atomic E-state index is 0.194. The van der Waals surface area contributed by atoms with E-state index in [2.05, 4.69) is 5.32 Å². The third kappa shape index (κ3) is 5.78. The van der Waals surface area contributed by atoms with E-state index >= 15 is 0 Å². The summed E-state index contributed by atoms with van der Waals surface area (Å²) in [4.78, 5) is 12.2. The molecule has 4 nitrogen and oxygen atoms in total. The van der Waals surface area contributed by atoms with Gasteiger partial charge in [-0.15, -0.1) is 0 Å². The Morgan fingerprint density at radius 3 is 1.97 bits per heavy atom. The van der Waals surface area contributed by atoms with Gasteiger partial charge >= 0.3 is 0 Å². The smallest absolute Gasteiger partial charge is 0.248 e. The van der Waals surface area contributed by atoms with Crippen LogP contribution in [0.2, 0.25) is 5.02 Å². The van der Waals surface area contributed by atoms with Crippen molar-refractivity contribution in [3.63, 3.8) is 0 Å². The summed E-state index contributed by atoms with van der Waals surface area (Å²) in [7, 11) is 3.18. The number of hydrogen-bond acceptors (Lipinski definition) is 3. The van der Waals surface area contributed by atoms with Crippen molar-refractivity contribution in [1.29, 1.82) is 0 Å². The number of carbonyl (C=O) groups excluding carboxylic acids is 1. The molecule has 3 aromatic carbocycles. The minimum atomic E-state index is -0.396. The van der Waals surface area contributed by atoms with Gasteiger partial charge in [-0.05, 0) is 47.0 Å². The third-order valence-electron chi connectivity index (χ3n) is 4.39. The molecule has 0 heterocycles. The van der Waals surface area contributed by atoms with E-state index in [1.807, 2.05) is 72.8 Å². The fourth-order valence-corrected chi connectivity index (χ4v) is 3.00. The van der Waals surface area contributed by atoms with E-state index in [1.165, 1.54) is 6.08 Å². The van der Waals surface area contributed by atoms with E-state index in [4.69, 9.17) is 21.1 Å². The van der Waals surface area contributed by atoms with Gasteiger partial charge in [0.1, 0.15) is 0 Å². The van der Waals surface area contributed by atoms with Gasteiger partial charge in [0.05, 0.1) is 0 Å². The van der Waals surface area contributed by atoms with Gasteiger partial charge in [-0.1, -0.05) is 60.1 Å². The zero-order valence-electron chi connectivity index (χ0n) is 16.3. The summed E-state index contributed by atoms with van der Waals surface area (Å²) in [5.74, 6) is -0.194. The highest BCUT2D eigenvalue weighted by atomic mass is 35.5. The highest BCUT2D eigenvalue weighted by Crippen LogP contribution is 2.23. The van der Waals surface area contributed by atoms with E-state index in [0.29, 0.717) is 5.02 Å². The van der Waals surface area contributed by atoms with Crippen molar-refractivity contribution in [3.05, 3.63) is 95.0 Å². The Morgan fingerprint density at radius 1 is 0.862 bits per heavy atom. The normalized spacial score (nSPS) is 11.2. The number of rotatable bonds is 7. The van der Waals surface area contributed by atoms with Gasteiger partial charge < -0.3 is 14.8 Å². The summed E-state index contributed by atoms with van der Waals surface area (Å²) in [6.07, 6.45) is 2.87. The molecule has 0 aromatic heterocycles. The van der Waals surface area contributed by atoms with Crippen LogP contribution in [0.1, 0.15) is 17.4 Å². The Morgan fingerprint density at radius 2 is 1.41 bits per heavy atom. The van der Waals surface area contributed by atoms with Gasteiger partial charge in [-0.25, -0.2) is 0 Å². The quantitative estimate of drug-likeness (QED) is 0.389. The molecule has 0 saturated heterocycles. The number of nitrogens with one attached hydrogen (secondary N) is 1. The van der Waals surface area contributed by atoms with Crippen LogP contribution in [-0.2, 0) is 14.3 Å². The van der Waals surface area contributed by atoms with Gasteiger partial charge in [0, 0.05) is 36.6 Å². The zero-order chi connectivity index (χ0) is 20.6. The zero-order valence-corrected chi connectivity index (χ0v) is 17.0. The molecule has 0 fully saturated rings. The molecule has 0 aliphatic heterocycles. The molecule has 148 valence electrons. The number of ether oxygens (including phenoxy) is 2. The molecule has 0 saturated carbocycles. The van der Waals surface area contributed by atoms with Crippen molar-refractivity contribution in [3.8, 4) is 11.1 Å². The molecule has 0 bridgehead atoms. The van der Waals surface area contributed by atoms with E-state index < -0.39 is 6.29 Å². The van der Waals surface area contributed by atoms with Crippen LogP contribution in [0.4, 0.5) is 5.69 Å². The van der Waals surface area contributed by atoms with Crippen molar-refractivity contribution in [2.75, 3.05) is 19.5 Å². The highest BCUT2D eigenvalue weighted by molar-refractivity contribution is 6.30. The van der Waals surface area contributed by atoms with E-state index in [9.17, 15) is 4.79 Å². The van der Waals surface area contributed by atoms with Crippen LogP contribution in [0.3, 0.4) is 0 Å². The highest BCUT2D eigenvalue weighted by Gasteiger charge is 2.07. The van der Waals surface area contributed by atoms with Crippen molar-refractivity contribution < 1.29 is 14.3 Å². The van der Waals surface area contributed by atoms with Crippen molar-refractivity contribution >= 4 is 29.3 Å². The second-order valence-electron chi connectivity index (χ2n) is 6.38. The van der Waals surface area contributed by atoms with Gasteiger partial charge in [0.2, 0.25) is 5.91 Å². The lowest BCUT2D eigenvalue weighted by Crippen LogP contribution is -2.07. The van der Waals surface area contributed by atoms with Crippen LogP contribution in [-0.4, -0.2) is 20.1 Å². The first-order valence-corrected chi connectivity index (χ1v) is 9.47. The number of methoxy groups -OCH3 is 2. The first kappa shape index (κ1) is 20.8. The van der Waals surface area contributed by atoms with E-state index in [-0.39, 0.29) is 5.91 Å². The largest absolute Gasteiger partial charge is 0.352 e. The molecule has 1 N–H and O–H groups in total. The average molecular weight is 408 g/mol. The molecule has 29 heavy (non-hydrogen) atoms. The lowest BCUT2D eigenvalue weighted by Gasteiger charge is -2.13. The van der Waals surface area contributed by atoms with Crippen molar-refractivity contribution in [2.24, 2.45) is 0 Å². The molecule has 0 radical (unpaired) electrons. The van der Waals surface area contributed by atoms with Crippen molar-refractivity contribution in [1.82, 2.24) is 0 Å². The van der Waals surface area contributed by atoms with Crippen LogP contribution >= 0.6 is 11.6 Å². The minimum Gasteiger partial charge on any atom is -0.352 e. The molecule has 1 amide bonds. The first-order valence-electron chi connectivity index (χ1n) is 9.09. The molecule has 3 aromatic rings. The van der Waals surface area contributed by atoms with Crippen molar-refractivity contribution in [2.45, 2.75) is 6.29 Å². The van der Waals surface area contributed by atoms with Crippen LogP contribution in [0.5, 0.6) is 0 Å². The molecule has 0 spiro atoms. The van der Waals surface area contributed by atoms with Gasteiger partial charge in [-0.2, -0.15) is 0 Å². The molecule has 5 heteroatoms. The number of amides is 1. The Kier molecular flexibility index (Phi) is 7.19. The summed E-state index contributed by atoms with van der Waals surface area (Å²) in [5.41, 5.74) is 4.68.